The van der Waals surface area contributed by atoms with Crippen molar-refractivity contribution in [2.24, 2.45) is 0 Å². The number of anilines is 1. The summed E-state index contributed by atoms with van der Waals surface area (Å²) in [6, 6.07) is 19.7. The van der Waals surface area contributed by atoms with E-state index in [-0.39, 0.29) is 0 Å². The molecule has 1 saturated heterocycles. The Kier molecular flexibility index (Phi) is 13.2. The second-order valence-corrected chi connectivity index (χ2v) is 12.7. The van der Waals surface area contributed by atoms with Gasteiger partial charge in [-0.05, 0) is 90.6 Å². The van der Waals surface area contributed by atoms with Crippen LogP contribution in [0.3, 0.4) is 0 Å². The lowest BCUT2D eigenvalue weighted by Crippen LogP contribution is -2.46. The normalized spacial score (nSPS) is 13.6. The van der Waals surface area contributed by atoms with E-state index in [9.17, 15) is 0 Å². The number of pyridine rings is 1. The van der Waals surface area contributed by atoms with Crippen LogP contribution < -0.4 is 23.8 Å². The molecule has 0 bridgehead atoms. The summed E-state index contributed by atoms with van der Waals surface area (Å²) in [7, 11) is 0. The SMILES string of the molecule is CCCOc1ccc(Cc2ncc(CN3CCN(c4ccc(CC)cc4)CC3)c3cc(OCCC)c(OCCC)cc23)cc1OCCC. The van der Waals surface area contributed by atoms with E-state index in [4.69, 9.17) is 23.9 Å². The van der Waals surface area contributed by atoms with Crippen LogP contribution in [0, 0.1) is 0 Å². The number of ether oxygens (including phenoxy) is 4. The van der Waals surface area contributed by atoms with Crippen molar-refractivity contribution in [3.8, 4) is 23.0 Å². The molecule has 0 saturated carbocycles. The van der Waals surface area contributed by atoms with Crippen LogP contribution in [0.15, 0.2) is 60.8 Å². The van der Waals surface area contributed by atoms with E-state index in [1.807, 2.05) is 6.07 Å². The molecular formula is C41H55N3O4. The summed E-state index contributed by atoms with van der Waals surface area (Å²) >= 11 is 0. The summed E-state index contributed by atoms with van der Waals surface area (Å²) in [6.45, 7) is 18.2. The molecule has 0 radical (unpaired) electrons. The molecule has 3 aromatic carbocycles. The Morgan fingerprint density at radius 3 is 1.71 bits per heavy atom. The van der Waals surface area contributed by atoms with E-state index in [0.29, 0.717) is 32.8 Å². The zero-order chi connectivity index (χ0) is 33.7. The largest absolute Gasteiger partial charge is 0.490 e. The zero-order valence-corrected chi connectivity index (χ0v) is 29.9. The molecule has 0 aliphatic carbocycles. The Labute approximate surface area is 288 Å². The van der Waals surface area contributed by atoms with Gasteiger partial charge in [0.25, 0.3) is 0 Å². The Morgan fingerprint density at radius 2 is 1.12 bits per heavy atom. The van der Waals surface area contributed by atoms with Crippen LogP contribution in [-0.4, -0.2) is 62.5 Å². The monoisotopic (exact) mass is 653 g/mol. The number of fused-ring (bicyclic) bond motifs is 1. The number of hydrogen-bond donors (Lipinski definition) is 0. The van der Waals surface area contributed by atoms with Crippen LogP contribution in [0.1, 0.15) is 82.7 Å². The van der Waals surface area contributed by atoms with Gasteiger partial charge in [-0.1, -0.05) is 52.8 Å². The molecule has 5 rings (SSSR count). The molecule has 1 aromatic heterocycles. The molecule has 2 heterocycles. The molecule has 1 aliphatic rings. The smallest absolute Gasteiger partial charge is 0.161 e. The van der Waals surface area contributed by atoms with Gasteiger partial charge in [0, 0.05) is 56.4 Å². The molecule has 1 aliphatic heterocycles. The number of aromatic nitrogens is 1. The number of aryl methyl sites for hydroxylation is 1. The van der Waals surface area contributed by atoms with Crippen molar-refractivity contribution in [2.75, 3.05) is 57.5 Å². The van der Waals surface area contributed by atoms with Gasteiger partial charge in [-0.25, -0.2) is 0 Å². The molecular weight excluding hydrogens is 598 g/mol. The van der Waals surface area contributed by atoms with Gasteiger partial charge in [-0.15, -0.1) is 0 Å². The summed E-state index contributed by atoms with van der Waals surface area (Å²) in [6.07, 6.45) is 7.58. The Hall–Kier alpha value is -3.97. The topological polar surface area (TPSA) is 56.3 Å². The maximum absolute atomic E-state index is 6.28. The van der Waals surface area contributed by atoms with Crippen molar-refractivity contribution < 1.29 is 18.9 Å². The summed E-state index contributed by atoms with van der Waals surface area (Å²) in [5.74, 6) is 3.19. The lowest BCUT2D eigenvalue weighted by atomic mass is 9.99. The van der Waals surface area contributed by atoms with Gasteiger partial charge in [0.05, 0.1) is 32.1 Å². The predicted molar refractivity (Wildman–Crippen MR) is 197 cm³/mol. The van der Waals surface area contributed by atoms with Gasteiger partial charge in [0.2, 0.25) is 0 Å². The average Bonchev–Trinajstić information content (AvgIpc) is 3.13. The van der Waals surface area contributed by atoms with Gasteiger partial charge in [-0.2, -0.15) is 0 Å². The second kappa shape index (κ2) is 18.0. The highest BCUT2D eigenvalue weighted by Gasteiger charge is 2.21. The second-order valence-electron chi connectivity index (χ2n) is 12.7. The van der Waals surface area contributed by atoms with Crippen molar-refractivity contribution in [3.63, 3.8) is 0 Å². The number of benzene rings is 3. The fraction of sp³-hybridized carbons (Fsp3) is 0.488. The fourth-order valence-corrected chi connectivity index (χ4v) is 6.14. The highest BCUT2D eigenvalue weighted by Crippen LogP contribution is 2.37. The molecule has 258 valence electrons. The van der Waals surface area contributed by atoms with Gasteiger partial charge in [0.15, 0.2) is 23.0 Å². The Morgan fingerprint density at radius 1 is 0.583 bits per heavy atom. The summed E-state index contributed by atoms with van der Waals surface area (Å²) in [5.41, 5.74) is 6.06. The molecule has 0 spiro atoms. The van der Waals surface area contributed by atoms with E-state index in [1.54, 1.807) is 0 Å². The molecule has 48 heavy (non-hydrogen) atoms. The van der Waals surface area contributed by atoms with Gasteiger partial charge < -0.3 is 23.8 Å². The first-order valence-electron chi connectivity index (χ1n) is 18.2. The van der Waals surface area contributed by atoms with Crippen molar-refractivity contribution in [2.45, 2.75) is 79.7 Å². The Bertz CT molecular complexity index is 1580. The minimum absolute atomic E-state index is 0.638. The number of piperazine rings is 1. The van der Waals surface area contributed by atoms with Crippen LogP contribution in [0.25, 0.3) is 10.8 Å². The minimum atomic E-state index is 0.638. The molecule has 0 unspecified atom stereocenters. The van der Waals surface area contributed by atoms with E-state index in [1.165, 1.54) is 22.2 Å². The Balaban J connectivity index is 1.44. The third kappa shape index (κ3) is 9.13. The van der Waals surface area contributed by atoms with Gasteiger partial charge in [0.1, 0.15) is 0 Å². The standard InChI is InChI=1S/C41H55N3O4/c1-6-21-45-38-16-13-32(26-39(38)46-22-7-2)25-37-36-28-41(48-24-9-4)40(47-23-8-3)27-35(36)33(29-42-37)30-43-17-19-44(20-18-43)34-14-11-31(10-5)12-15-34/h11-16,26-29H,6-10,17-25,30H2,1-5H3. The number of hydrogen-bond acceptors (Lipinski definition) is 7. The lowest BCUT2D eigenvalue weighted by Gasteiger charge is -2.36. The quantitative estimate of drug-likeness (QED) is 0.106. The van der Waals surface area contributed by atoms with Crippen LogP contribution >= 0.6 is 0 Å². The summed E-state index contributed by atoms with van der Waals surface area (Å²) in [4.78, 5) is 10.2. The first kappa shape index (κ1) is 35.3. The average molecular weight is 654 g/mol. The summed E-state index contributed by atoms with van der Waals surface area (Å²) in [5, 5.41) is 2.29. The highest BCUT2D eigenvalue weighted by molar-refractivity contribution is 5.91. The molecule has 1 fully saturated rings. The van der Waals surface area contributed by atoms with Crippen LogP contribution in [0.5, 0.6) is 23.0 Å². The van der Waals surface area contributed by atoms with E-state index < -0.39 is 0 Å². The third-order valence-corrected chi connectivity index (χ3v) is 8.82. The van der Waals surface area contributed by atoms with Crippen molar-refractivity contribution in [1.29, 1.82) is 0 Å². The molecule has 7 heteroatoms. The predicted octanol–water partition coefficient (Wildman–Crippen LogP) is 8.87. The first-order chi connectivity index (χ1) is 23.6. The zero-order valence-electron chi connectivity index (χ0n) is 29.9. The molecule has 0 amide bonds. The maximum atomic E-state index is 6.28. The van der Waals surface area contributed by atoms with E-state index in [0.717, 1.165) is 104 Å². The van der Waals surface area contributed by atoms with E-state index in [2.05, 4.69) is 99.1 Å². The summed E-state index contributed by atoms with van der Waals surface area (Å²) < 4.78 is 24.7. The molecule has 0 atom stereocenters. The van der Waals surface area contributed by atoms with Crippen molar-refractivity contribution >= 4 is 16.5 Å². The lowest BCUT2D eigenvalue weighted by molar-refractivity contribution is 0.250. The van der Waals surface area contributed by atoms with Gasteiger partial charge in [-0.3, -0.25) is 9.88 Å². The molecule has 0 N–H and O–H groups in total. The van der Waals surface area contributed by atoms with Crippen molar-refractivity contribution in [1.82, 2.24) is 9.88 Å². The van der Waals surface area contributed by atoms with E-state index >= 15 is 0 Å². The van der Waals surface area contributed by atoms with Gasteiger partial charge >= 0.3 is 0 Å². The number of rotatable bonds is 18. The fourth-order valence-electron chi connectivity index (χ4n) is 6.14. The molecule has 7 nitrogen and oxygen atoms in total. The van der Waals surface area contributed by atoms with Crippen LogP contribution in [-0.2, 0) is 19.4 Å². The first-order valence-corrected chi connectivity index (χ1v) is 18.2. The minimum Gasteiger partial charge on any atom is -0.490 e. The van der Waals surface area contributed by atoms with Crippen LogP contribution in [0.4, 0.5) is 5.69 Å². The highest BCUT2D eigenvalue weighted by atomic mass is 16.5. The maximum Gasteiger partial charge on any atom is 0.161 e. The number of nitrogens with zero attached hydrogens (tertiary/aromatic N) is 3. The third-order valence-electron chi connectivity index (χ3n) is 8.82. The van der Waals surface area contributed by atoms with Crippen LogP contribution in [0.2, 0.25) is 0 Å². The van der Waals surface area contributed by atoms with Crippen molar-refractivity contribution in [3.05, 3.63) is 83.2 Å². The molecule has 4 aromatic rings.